The third-order valence-electron chi connectivity index (χ3n) is 12.5. The summed E-state index contributed by atoms with van der Waals surface area (Å²) in [5, 5.41) is 23.2. The Bertz CT molecular complexity index is 951. The summed E-state index contributed by atoms with van der Waals surface area (Å²) in [4.78, 5) is 24.5. The number of esters is 1. The van der Waals surface area contributed by atoms with Gasteiger partial charge in [0, 0.05) is 12.8 Å². The van der Waals surface area contributed by atoms with E-state index in [0.29, 0.717) is 25.9 Å². The zero-order chi connectivity index (χ0) is 44.4. The molecule has 0 fully saturated rings. The topological polar surface area (TPSA) is 95.9 Å². The van der Waals surface area contributed by atoms with Crippen molar-refractivity contribution in [3.63, 3.8) is 0 Å². The third-order valence-corrected chi connectivity index (χ3v) is 12.5. The number of allylic oxidation sites excluding steroid dienone is 4. The molecule has 360 valence electrons. The van der Waals surface area contributed by atoms with E-state index in [2.05, 4.69) is 43.5 Å². The lowest BCUT2D eigenvalue weighted by atomic mass is 10.0. The number of aliphatic hydroxyl groups is 2. The fourth-order valence-electron chi connectivity index (χ4n) is 8.28. The SMILES string of the molecule is CCCCCCCC/C=C\CCCCCCCC(=O)OCCCCCCCC/C=C\CCCCCC(=O)NC(CO)C(O)CCCCCCCCCCCCCCCCCC. The van der Waals surface area contributed by atoms with E-state index in [-0.39, 0.29) is 18.5 Å². The molecule has 61 heavy (non-hydrogen) atoms. The van der Waals surface area contributed by atoms with Crippen LogP contribution in [0.2, 0.25) is 0 Å². The molecule has 0 aliphatic rings. The van der Waals surface area contributed by atoms with Crippen LogP contribution in [0.15, 0.2) is 24.3 Å². The maximum Gasteiger partial charge on any atom is 0.305 e. The van der Waals surface area contributed by atoms with Crippen LogP contribution in [0.5, 0.6) is 0 Å². The van der Waals surface area contributed by atoms with Crippen LogP contribution in [-0.4, -0.2) is 47.4 Å². The van der Waals surface area contributed by atoms with Crippen molar-refractivity contribution in [3.8, 4) is 0 Å². The van der Waals surface area contributed by atoms with Crippen molar-refractivity contribution in [2.24, 2.45) is 0 Å². The molecule has 0 rings (SSSR count). The van der Waals surface area contributed by atoms with Crippen molar-refractivity contribution in [1.29, 1.82) is 0 Å². The van der Waals surface area contributed by atoms with Gasteiger partial charge < -0.3 is 20.3 Å². The van der Waals surface area contributed by atoms with Gasteiger partial charge in [-0.25, -0.2) is 0 Å². The number of ether oxygens (including phenoxy) is 1. The molecule has 0 bridgehead atoms. The molecule has 2 atom stereocenters. The first-order valence-electron chi connectivity index (χ1n) is 27.1. The van der Waals surface area contributed by atoms with E-state index in [9.17, 15) is 19.8 Å². The highest BCUT2D eigenvalue weighted by atomic mass is 16.5. The van der Waals surface area contributed by atoms with Gasteiger partial charge in [-0.05, 0) is 77.0 Å². The number of carbonyl (C=O) groups is 2. The van der Waals surface area contributed by atoms with Crippen molar-refractivity contribution in [1.82, 2.24) is 5.32 Å². The highest BCUT2D eigenvalue weighted by Gasteiger charge is 2.20. The van der Waals surface area contributed by atoms with Crippen molar-refractivity contribution < 1.29 is 24.5 Å². The number of amides is 1. The lowest BCUT2D eigenvalue weighted by molar-refractivity contribution is -0.143. The van der Waals surface area contributed by atoms with Crippen molar-refractivity contribution >= 4 is 11.9 Å². The zero-order valence-electron chi connectivity index (χ0n) is 40.9. The van der Waals surface area contributed by atoms with Crippen molar-refractivity contribution in [2.45, 2.75) is 302 Å². The van der Waals surface area contributed by atoms with Gasteiger partial charge in [0.05, 0.1) is 25.4 Å². The minimum Gasteiger partial charge on any atom is -0.466 e. The van der Waals surface area contributed by atoms with Gasteiger partial charge in [0.2, 0.25) is 5.91 Å². The standard InChI is InChI=1S/C55H105NO5/c1-3-5-7-9-11-13-15-17-19-21-23-27-31-35-39-43-47-53(58)52(51-57)56-54(59)48-44-40-36-32-28-24-22-26-30-34-38-42-46-50-61-55(60)49-45-41-37-33-29-25-20-18-16-14-12-10-8-6-4-2/h18,20,24,28,52-53,57-58H,3-17,19,21-23,25-27,29-51H2,1-2H3,(H,56,59)/b20-18-,28-24-. The van der Waals surface area contributed by atoms with E-state index in [1.54, 1.807) is 0 Å². The summed E-state index contributed by atoms with van der Waals surface area (Å²) in [5.74, 6) is -0.0846. The average Bonchev–Trinajstić information content (AvgIpc) is 3.26. The highest BCUT2D eigenvalue weighted by molar-refractivity contribution is 5.76. The van der Waals surface area contributed by atoms with Gasteiger partial charge in [0.25, 0.3) is 0 Å². The van der Waals surface area contributed by atoms with Crippen LogP contribution in [0.3, 0.4) is 0 Å². The minimum absolute atomic E-state index is 0.0204. The third kappa shape index (κ3) is 47.7. The van der Waals surface area contributed by atoms with Gasteiger partial charge in [-0.3, -0.25) is 9.59 Å². The summed E-state index contributed by atoms with van der Waals surface area (Å²) in [6.45, 7) is 4.91. The number of nitrogens with one attached hydrogen (secondary N) is 1. The summed E-state index contributed by atoms with van der Waals surface area (Å²) >= 11 is 0. The van der Waals surface area contributed by atoms with Crippen LogP contribution in [0.25, 0.3) is 0 Å². The molecule has 0 saturated heterocycles. The predicted molar refractivity (Wildman–Crippen MR) is 264 cm³/mol. The Kier molecular flexibility index (Phi) is 49.6. The van der Waals surface area contributed by atoms with Gasteiger partial charge in [-0.2, -0.15) is 0 Å². The Labute approximate surface area is 380 Å². The van der Waals surface area contributed by atoms with E-state index >= 15 is 0 Å². The molecule has 6 nitrogen and oxygen atoms in total. The molecule has 3 N–H and O–H groups in total. The van der Waals surface area contributed by atoms with Crippen LogP contribution in [0, 0.1) is 0 Å². The Hall–Kier alpha value is -1.66. The second-order valence-electron chi connectivity index (χ2n) is 18.6. The van der Waals surface area contributed by atoms with E-state index in [0.717, 1.165) is 70.6 Å². The van der Waals surface area contributed by atoms with Crippen LogP contribution in [0.1, 0.15) is 290 Å². The maximum absolute atomic E-state index is 12.5. The summed E-state index contributed by atoms with van der Waals surface area (Å²) in [6.07, 6.45) is 60.1. The van der Waals surface area contributed by atoms with Crippen molar-refractivity contribution in [3.05, 3.63) is 24.3 Å². The molecule has 0 heterocycles. The summed E-state index contributed by atoms with van der Waals surface area (Å²) in [5.41, 5.74) is 0. The Balaban J connectivity index is 3.50. The van der Waals surface area contributed by atoms with E-state index in [4.69, 9.17) is 4.74 Å². The van der Waals surface area contributed by atoms with Crippen LogP contribution in [0.4, 0.5) is 0 Å². The number of hydrogen-bond acceptors (Lipinski definition) is 5. The molecule has 0 aromatic carbocycles. The van der Waals surface area contributed by atoms with Gasteiger partial charge >= 0.3 is 5.97 Å². The van der Waals surface area contributed by atoms with Gasteiger partial charge in [-0.15, -0.1) is 0 Å². The average molecular weight is 860 g/mol. The fourth-order valence-corrected chi connectivity index (χ4v) is 8.28. The molecule has 0 aromatic rings. The molecule has 6 heteroatoms. The molecule has 2 unspecified atom stereocenters. The van der Waals surface area contributed by atoms with Crippen LogP contribution >= 0.6 is 0 Å². The molecule has 1 amide bonds. The van der Waals surface area contributed by atoms with Crippen molar-refractivity contribution in [2.75, 3.05) is 13.2 Å². The zero-order valence-corrected chi connectivity index (χ0v) is 40.9. The number of hydrogen-bond donors (Lipinski definition) is 3. The normalized spacial score (nSPS) is 12.8. The summed E-state index contributed by atoms with van der Waals surface area (Å²) in [7, 11) is 0. The Morgan fingerprint density at radius 1 is 0.443 bits per heavy atom. The first kappa shape index (κ1) is 59.3. The number of rotatable bonds is 50. The molecular formula is C55H105NO5. The second-order valence-corrected chi connectivity index (χ2v) is 18.6. The largest absolute Gasteiger partial charge is 0.466 e. The lowest BCUT2D eigenvalue weighted by Gasteiger charge is -2.22. The second kappa shape index (κ2) is 51.0. The smallest absolute Gasteiger partial charge is 0.305 e. The Morgan fingerprint density at radius 2 is 0.770 bits per heavy atom. The van der Waals surface area contributed by atoms with Crippen LogP contribution < -0.4 is 5.32 Å². The van der Waals surface area contributed by atoms with E-state index in [1.807, 2.05) is 0 Å². The lowest BCUT2D eigenvalue weighted by Crippen LogP contribution is -2.45. The first-order valence-corrected chi connectivity index (χ1v) is 27.1. The quantitative estimate of drug-likeness (QED) is 0.0322. The Morgan fingerprint density at radius 3 is 1.18 bits per heavy atom. The highest BCUT2D eigenvalue weighted by Crippen LogP contribution is 2.16. The first-order chi connectivity index (χ1) is 30.0. The van der Waals surface area contributed by atoms with Gasteiger partial charge in [0.1, 0.15) is 0 Å². The predicted octanol–water partition coefficient (Wildman–Crippen LogP) is 16.3. The minimum atomic E-state index is -0.681. The molecule has 0 spiro atoms. The number of unbranched alkanes of at least 4 members (excludes halogenated alkanes) is 35. The molecule has 0 aliphatic carbocycles. The fraction of sp³-hybridized carbons (Fsp3) is 0.891. The van der Waals surface area contributed by atoms with E-state index in [1.165, 1.54) is 186 Å². The van der Waals surface area contributed by atoms with Gasteiger partial charge in [-0.1, -0.05) is 224 Å². The molecule has 0 aliphatic heterocycles. The van der Waals surface area contributed by atoms with E-state index < -0.39 is 12.1 Å². The summed E-state index contributed by atoms with van der Waals surface area (Å²) in [6, 6.07) is -0.562. The van der Waals surface area contributed by atoms with Crippen LogP contribution in [-0.2, 0) is 14.3 Å². The molecule has 0 aromatic heterocycles. The molecular weight excluding hydrogens is 755 g/mol. The number of carbonyl (C=O) groups excluding carboxylic acids is 2. The maximum atomic E-state index is 12.5. The van der Waals surface area contributed by atoms with Gasteiger partial charge in [0.15, 0.2) is 0 Å². The number of aliphatic hydroxyl groups excluding tert-OH is 2. The monoisotopic (exact) mass is 860 g/mol. The molecule has 0 radical (unpaired) electrons. The summed E-state index contributed by atoms with van der Waals surface area (Å²) < 4.78 is 5.45. The molecule has 0 saturated carbocycles.